The number of amides is 1. The van der Waals surface area contributed by atoms with Crippen molar-refractivity contribution in [1.29, 1.82) is 0 Å². The Bertz CT molecular complexity index is 731. The van der Waals surface area contributed by atoms with Gasteiger partial charge in [0, 0.05) is 20.1 Å². The van der Waals surface area contributed by atoms with Gasteiger partial charge < -0.3 is 59.8 Å². The molecule has 2 fully saturated rings. The number of ether oxygens (including phenoxy) is 4. The summed E-state index contributed by atoms with van der Waals surface area (Å²) in [5.41, 5.74) is 0. The molecular formula is C19H36NO15P. The first kappa shape index (κ1) is 31.4. The van der Waals surface area contributed by atoms with Crippen molar-refractivity contribution in [1.82, 2.24) is 5.32 Å². The fourth-order valence-electron chi connectivity index (χ4n) is 3.48. The highest BCUT2D eigenvalue weighted by Crippen LogP contribution is 2.43. The van der Waals surface area contributed by atoms with E-state index >= 15 is 0 Å². The van der Waals surface area contributed by atoms with Crippen LogP contribution in [0.25, 0.3) is 0 Å². The van der Waals surface area contributed by atoms with Crippen LogP contribution in [0.5, 0.6) is 0 Å². The second kappa shape index (κ2) is 14.4. The van der Waals surface area contributed by atoms with Crippen LogP contribution in [0.2, 0.25) is 0 Å². The molecule has 2 saturated heterocycles. The molecule has 2 rings (SSSR count). The summed E-state index contributed by atoms with van der Waals surface area (Å²) in [4.78, 5) is 20.6. The maximum Gasteiger partial charge on any atom is 0.472 e. The first-order valence-electron chi connectivity index (χ1n) is 11.4. The number of nitrogens with one attached hydrogen (secondary N) is 1. The Balaban J connectivity index is 2.05. The molecule has 0 radical (unpaired) electrons. The molecule has 0 aromatic carbocycles. The average molecular weight is 549 g/mol. The van der Waals surface area contributed by atoms with Crippen molar-refractivity contribution < 1.29 is 72.9 Å². The predicted octanol–water partition coefficient (Wildman–Crippen LogP) is -3.69. The Hall–Kier alpha value is -0.820. The van der Waals surface area contributed by atoms with Crippen LogP contribution in [-0.4, -0.2) is 136 Å². The summed E-state index contributed by atoms with van der Waals surface area (Å²) in [5.74, 6) is -0.375. The highest BCUT2D eigenvalue weighted by molar-refractivity contribution is 7.47. The summed E-state index contributed by atoms with van der Waals surface area (Å²) in [5, 5.41) is 63.3. The molecule has 2 aliphatic heterocycles. The molecule has 1 unspecified atom stereocenters. The maximum atomic E-state index is 12.0. The van der Waals surface area contributed by atoms with E-state index in [1.807, 2.05) is 0 Å². The molecule has 16 nitrogen and oxygen atoms in total. The number of hydrogen-bond donors (Lipinski definition) is 8. The van der Waals surface area contributed by atoms with E-state index in [1.165, 1.54) is 6.92 Å². The summed E-state index contributed by atoms with van der Waals surface area (Å²) in [6.45, 7) is 1.37. The molecule has 17 heteroatoms. The van der Waals surface area contributed by atoms with E-state index in [2.05, 4.69) is 9.84 Å². The minimum absolute atomic E-state index is 0.0668. The summed E-state index contributed by atoms with van der Waals surface area (Å²) in [6.07, 6.45) is -15.4. The number of phosphoric acid groups is 1. The quantitative estimate of drug-likeness (QED) is 0.0814. The zero-order valence-electron chi connectivity index (χ0n) is 19.9. The summed E-state index contributed by atoms with van der Waals surface area (Å²) < 4.78 is 43.4. The third-order valence-electron chi connectivity index (χ3n) is 5.40. The van der Waals surface area contributed by atoms with Crippen molar-refractivity contribution in [3.05, 3.63) is 0 Å². The molecule has 2 heterocycles. The number of aliphatic hydroxyl groups is 6. The van der Waals surface area contributed by atoms with Crippen LogP contribution in [-0.2, 0) is 37.4 Å². The fraction of sp³-hybridized carbons (Fsp3) is 0.947. The topological polar surface area (TPSA) is 243 Å². The van der Waals surface area contributed by atoms with Crippen molar-refractivity contribution in [2.75, 3.05) is 33.0 Å². The number of phosphoric ester groups is 1. The van der Waals surface area contributed by atoms with Gasteiger partial charge in [0.1, 0.15) is 48.8 Å². The molecule has 11 atom stereocenters. The molecule has 0 spiro atoms. The zero-order chi connectivity index (χ0) is 27.0. The van der Waals surface area contributed by atoms with Gasteiger partial charge in [-0.05, 0) is 6.42 Å². The number of carbonyl (C=O) groups excluding carboxylic acids is 1. The van der Waals surface area contributed by atoms with E-state index in [0.29, 0.717) is 6.42 Å². The van der Waals surface area contributed by atoms with E-state index in [1.54, 1.807) is 6.92 Å². The fourth-order valence-corrected chi connectivity index (χ4v) is 4.22. The Morgan fingerprint density at radius 3 is 2.17 bits per heavy atom. The molecule has 0 saturated carbocycles. The van der Waals surface area contributed by atoms with Gasteiger partial charge in [-0.2, -0.15) is 0 Å². The van der Waals surface area contributed by atoms with Crippen LogP contribution in [0.1, 0.15) is 20.3 Å². The van der Waals surface area contributed by atoms with E-state index < -0.39 is 82.4 Å². The summed E-state index contributed by atoms with van der Waals surface area (Å²) in [7, 11) is -4.65. The van der Waals surface area contributed by atoms with Crippen LogP contribution in [0, 0.1) is 0 Å². The molecule has 0 aromatic heterocycles. The van der Waals surface area contributed by atoms with Crippen molar-refractivity contribution in [3.8, 4) is 0 Å². The smallest absolute Gasteiger partial charge is 0.394 e. The lowest BCUT2D eigenvalue weighted by molar-refractivity contribution is -0.367. The van der Waals surface area contributed by atoms with Crippen LogP contribution in [0.4, 0.5) is 0 Å². The highest BCUT2D eigenvalue weighted by atomic mass is 31.2. The number of carbonyl (C=O) groups is 1. The van der Waals surface area contributed by atoms with Crippen molar-refractivity contribution in [2.24, 2.45) is 0 Å². The van der Waals surface area contributed by atoms with E-state index in [0.717, 1.165) is 0 Å². The van der Waals surface area contributed by atoms with Crippen molar-refractivity contribution >= 4 is 13.7 Å². The normalized spacial score (nSPS) is 38.9. The Labute approximate surface area is 207 Å². The highest BCUT2D eigenvalue weighted by Gasteiger charge is 2.51. The van der Waals surface area contributed by atoms with Crippen LogP contribution < -0.4 is 5.32 Å². The van der Waals surface area contributed by atoms with E-state index in [4.69, 9.17) is 23.5 Å². The van der Waals surface area contributed by atoms with Crippen molar-refractivity contribution in [3.63, 3.8) is 0 Å². The monoisotopic (exact) mass is 549 g/mol. The Morgan fingerprint density at radius 1 is 0.917 bits per heavy atom. The van der Waals surface area contributed by atoms with Gasteiger partial charge in [-0.1, -0.05) is 6.92 Å². The van der Waals surface area contributed by atoms with Crippen LogP contribution >= 0.6 is 7.82 Å². The molecule has 0 aliphatic carbocycles. The molecule has 8 N–H and O–H groups in total. The van der Waals surface area contributed by atoms with Gasteiger partial charge in [-0.3, -0.25) is 13.8 Å². The molecule has 0 aromatic rings. The van der Waals surface area contributed by atoms with Gasteiger partial charge in [0.15, 0.2) is 12.6 Å². The molecular weight excluding hydrogens is 513 g/mol. The standard InChI is InChI=1S/C19H36NO15P/c1-3-5-30-19-17(15(26)12(23)10(7-21)33-19)35-18-16(27)14(25)13(24)11(34-18)8-32-36(28,29)31-6-4-20-9(2)22/h10-19,21,23-27H,3-8H2,1-2H3,(H,20,22)(H,28,29)/t10-,11-,12-,13-,14+,15+,16+,17+,18-,19+/m1/s1. The van der Waals surface area contributed by atoms with Gasteiger partial charge in [-0.15, -0.1) is 0 Å². The zero-order valence-corrected chi connectivity index (χ0v) is 20.8. The van der Waals surface area contributed by atoms with Crippen molar-refractivity contribution in [2.45, 2.75) is 81.7 Å². The van der Waals surface area contributed by atoms with Gasteiger partial charge in [-0.25, -0.2) is 4.57 Å². The third-order valence-corrected chi connectivity index (χ3v) is 6.39. The molecule has 36 heavy (non-hydrogen) atoms. The second-order valence-corrected chi connectivity index (χ2v) is 9.73. The van der Waals surface area contributed by atoms with Gasteiger partial charge in [0.25, 0.3) is 0 Å². The van der Waals surface area contributed by atoms with Crippen LogP contribution in [0.15, 0.2) is 0 Å². The lowest BCUT2D eigenvalue weighted by Gasteiger charge is -2.46. The predicted molar refractivity (Wildman–Crippen MR) is 116 cm³/mol. The van der Waals surface area contributed by atoms with E-state index in [-0.39, 0.29) is 25.7 Å². The molecule has 2 aliphatic rings. The minimum Gasteiger partial charge on any atom is -0.394 e. The van der Waals surface area contributed by atoms with Crippen LogP contribution in [0.3, 0.4) is 0 Å². The number of aliphatic hydroxyl groups excluding tert-OH is 6. The lowest BCUT2D eigenvalue weighted by Crippen LogP contribution is -2.64. The summed E-state index contributed by atoms with van der Waals surface area (Å²) in [6, 6.07) is 0. The Morgan fingerprint density at radius 2 is 1.56 bits per heavy atom. The first-order valence-corrected chi connectivity index (χ1v) is 12.9. The number of hydrogen-bond acceptors (Lipinski definition) is 14. The lowest BCUT2D eigenvalue weighted by atomic mass is 9.97. The maximum absolute atomic E-state index is 12.0. The van der Waals surface area contributed by atoms with Gasteiger partial charge in [0.2, 0.25) is 5.91 Å². The molecule has 0 bridgehead atoms. The number of rotatable bonds is 13. The third kappa shape index (κ3) is 8.61. The largest absolute Gasteiger partial charge is 0.472 e. The first-order chi connectivity index (χ1) is 16.9. The second-order valence-electron chi connectivity index (χ2n) is 8.27. The van der Waals surface area contributed by atoms with E-state index in [9.17, 15) is 44.9 Å². The molecule has 1 amide bonds. The van der Waals surface area contributed by atoms with Gasteiger partial charge >= 0.3 is 7.82 Å². The molecule has 212 valence electrons. The average Bonchev–Trinajstić information content (AvgIpc) is 2.83. The summed E-state index contributed by atoms with van der Waals surface area (Å²) >= 11 is 0. The SMILES string of the molecule is CCCO[C@H]1O[C@H](CO)[C@@H](O)[C@H](O)[C@@H]1O[C@H]1O[C@H](COP(=O)(O)OCCNC(C)=O)[C@@H](O)[C@H](O)[C@@H]1O. The van der Waals surface area contributed by atoms with Gasteiger partial charge in [0.05, 0.1) is 19.8 Å². The Kier molecular flexibility index (Phi) is 12.5. The minimum atomic E-state index is -4.65.